The number of benzene rings is 3. The third kappa shape index (κ3) is 10.4. The van der Waals surface area contributed by atoms with Crippen LogP contribution in [0.15, 0.2) is 114 Å². The number of hydrogen-bond donors (Lipinski definition) is 2. The number of anilines is 1. The summed E-state index contributed by atoms with van der Waals surface area (Å²) in [6, 6.07) is 20.1. The van der Waals surface area contributed by atoms with Crippen LogP contribution in [0.5, 0.6) is 0 Å². The summed E-state index contributed by atoms with van der Waals surface area (Å²) in [5.74, 6) is -1.04. The van der Waals surface area contributed by atoms with E-state index in [4.69, 9.17) is 4.74 Å². The second-order valence-electron chi connectivity index (χ2n) is 16.1. The van der Waals surface area contributed by atoms with Crippen LogP contribution < -0.4 is 4.90 Å². The summed E-state index contributed by atoms with van der Waals surface area (Å²) in [6.45, 7) is 16.8. The van der Waals surface area contributed by atoms with Crippen LogP contribution in [0.25, 0.3) is 5.57 Å². The van der Waals surface area contributed by atoms with Crippen LogP contribution >= 0.6 is 0 Å². The first-order valence-corrected chi connectivity index (χ1v) is 22.9. The molecule has 2 aliphatic rings. The zero-order valence-corrected chi connectivity index (χ0v) is 36.3. The van der Waals surface area contributed by atoms with Crippen LogP contribution in [0.1, 0.15) is 101 Å². The van der Waals surface area contributed by atoms with Gasteiger partial charge in [-0.3, -0.25) is 13.9 Å². The molecule has 3 aromatic carbocycles. The number of rotatable bonds is 18. The molecular weight excluding hydrogens is 789 g/mol. The molecule has 2 N–H and O–H groups in total. The molecule has 0 saturated heterocycles. The van der Waals surface area contributed by atoms with Crippen molar-refractivity contribution in [1.82, 2.24) is 0 Å². The van der Waals surface area contributed by atoms with Crippen molar-refractivity contribution in [3.63, 3.8) is 0 Å². The average Bonchev–Trinajstić information content (AvgIpc) is 3.52. The summed E-state index contributed by atoms with van der Waals surface area (Å²) in [6.07, 6.45) is 10.8. The molecule has 0 spiro atoms. The van der Waals surface area contributed by atoms with Crippen molar-refractivity contribution < 1.29 is 44.8 Å². The maximum absolute atomic E-state index is 13.1. The SMILES string of the molecule is C=C(C)C(=O)OCCCC(=O)c1ccc(C(=C\C=C2/N(CCCS(=O)(=O)O)c3ccc(S(=O)(=O)O)cc3C2(C)C)/C=C/C2=[N+](CCCC)c3ccccc3C2(C)C)cc1. The van der Waals surface area contributed by atoms with Crippen molar-refractivity contribution in [3.8, 4) is 0 Å². The van der Waals surface area contributed by atoms with Gasteiger partial charge in [0.15, 0.2) is 11.5 Å². The van der Waals surface area contributed by atoms with Crippen LogP contribution in [0.2, 0.25) is 0 Å². The van der Waals surface area contributed by atoms with Crippen LogP contribution in [0, 0.1) is 0 Å². The van der Waals surface area contributed by atoms with E-state index in [-0.39, 0.29) is 42.1 Å². The highest BCUT2D eigenvalue weighted by Crippen LogP contribution is 2.49. The predicted octanol–water partition coefficient (Wildman–Crippen LogP) is 8.79. The Bertz CT molecular complexity index is 2470. The molecule has 0 aromatic heterocycles. The van der Waals surface area contributed by atoms with E-state index in [1.54, 1.807) is 25.1 Å². The number of Topliss-reactive ketones (excluding diaryl/α,β-unsaturated/α-hetero) is 1. The Labute approximate surface area is 349 Å². The van der Waals surface area contributed by atoms with Crippen molar-refractivity contribution in [1.29, 1.82) is 0 Å². The van der Waals surface area contributed by atoms with Gasteiger partial charge >= 0.3 is 5.97 Å². The number of para-hydroxylation sites is 1. The molecule has 13 heteroatoms. The lowest BCUT2D eigenvalue weighted by molar-refractivity contribution is -0.438. The molecule has 0 unspecified atom stereocenters. The minimum absolute atomic E-state index is 0.0889. The number of nitrogens with zero attached hydrogens (tertiary/aromatic N) is 2. The van der Waals surface area contributed by atoms with Gasteiger partial charge in [0.05, 0.1) is 22.7 Å². The van der Waals surface area contributed by atoms with E-state index in [1.807, 2.05) is 43.0 Å². The second-order valence-corrected chi connectivity index (χ2v) is 19.1. The standard InChI is InChI=1S/C46H54N2O9S2/c1-8-9-27-47-39-15-11-10-14-37(39)45(4,5)42(47)25-21-34(33-17-19-35(20-18-33)41(49)16-12-29-57-44(50)32(2)3)22-26-43-46(6,7)38-31-36(59(54,55)56)23-24-40(38)48(43)28-13-30-58(51,52)53/h10-11,14-15,17-26,31H,2,8-9,12-13,16,27-30H2,1,3-7H3,(H-,51,52,53,54,55,56)/p+1. The quantitative estimate of drug-likeness (QED) is 0.0241. The molecule has 3 aromatic rings. The highest BCUT2D eigenvalue weighted by Gasteiger charge is 2.44. The highest BCUT2D eigenvalue weighted by atomic mass is 32.2. The molecule has 59 heavy (non-hydrogen) atoms. The Morgan fingerprint density at radius 2 is 1.56 bits per heavy atom. The van der Waals surface area contributed by atoms with Crippen molar-refractivity contribution in [3.05, 3.63) is 131 Å². The van der Waals surface area contributed by atoms with E-state index >= 15 is 0 Å². The normalized spacial score (nSPS) is 16.8. The first-order valence-electron chi connectivity index (χ1n) is 19.8. The van der Waals surface area contributed by atoms with Crippen molar-refractivity contribution >= 4 is 54.6 Å². The van der Waals surface area contributed by atoms with Crippen molar-refractivity contribution in [2.45, 2.75) is 89.4 Å². The second kappa shape index (κ2) is 18.1. The lowest BCUT2D eigenvalue weighted by Crippen LogP contribution is -2.28. The first kappa shape index (κ1) is 45.1. The number of hydrogen-bond acceptors (Lipinski definition) is 8. The Hall–Kier alpha value is -4.95. The van der Waals surface area contributed by atoms with Gasteiger partial charge in [-0.1, -0.05) is 82.3 Å². The molecule has 0 saturated carbocycles. The highest BCUT2D eigenvalue weighted by molar-refractivity contribution is 7.86. The summed E-state index contributed by atoms with van der Waals surface area (Å²) >= 11 is 0. The summed E-state index contributed by atoms with van der Waals surface area (Å²) in [7, 11) is -8.75. The van der Waals surface area contributed by atoms with E-state index in [9.17, 15) is 35.5 Å². The van der Waals surface area contributed by atoms with Gasteiger partial charge in [-0.25, -0.2) is 4.79 Å². The van der Waals surface area contributed by atoms with Gasteiger partial charge in [0.25, 0.3) is 20.2 Å². The molecule has 0 atom stereocenters. The van der Waals surface area contributed by atoms with Gasteiger partial charge in [0, 0.05) is 65.0 Å². The van der Waals surface area contributed by atoms with Crippen LogP contribution in [-0.2, 0) is 40.6 Å². The maximum Gasteiger partial charge on any atom is 0.333 e. The van der Waals surface area contributed by atoms with Gasteiger partial charge in [-0.2, -0.15) is 21.4 Å². The Kier molecular flexibility index (Phi) is 13.9. The molecule has 2 aliphatic heterocycles. The molecule has 0 fully saturated rings. The fourth-order valence-corrected chi connectivity index (χ4v) is 8.76. The summed E-state index contributed by atoms with van der Waals surface area (Å²) in [5, 5.41) is 0. The number of unbranched alkanes of at least 4 members (excludes halogenated alkanes) is 1. The molecule has 0 amide bonds. The molecule has 0 radical (unpaired) electrons. The predicted molar refractivity (Wildman–Crippen MR) is 233 cm³/mol. The average molecular weight is 844 g/mol. The summed E-state index contributed by atoms with van der Waals surface area (Å²) in [5.41, 5.74) is 6.89. The minimum atomic E-state index is -4.51. The topological polar surface area (TPSA) is 158 Å². The fraction of sp³-hybridized carbons (Fsp3) is 0.370. The molecular formula is C46H55N2O9S2+. The maximum atomic E-state index is 13.1. The lowest BCUT2D eigenvalue weighted by Gasteiger charge is -2.27. The van der Waals surface area contributed by atoms with Gasteiger partial charge in [0.1, 0.15) is 6.54 Å². The van der Waals surface area contributed by atoms with Crippen LogP contribution in [0.4, 0.5) is 11.4 Å². The number of fused-ring (bicyclic) bond motifs is 2. The van der Waals surface area contributed by atoms with E-state index in [0.29, 0.717) is 28.8 Å². The first-order chi connectivity index (χ1) is 27.7. The van der Waals surface area contributed by atoms with E-state index in [0.717, 1.165) is 41.9 Å². The van der Waals surface area contributed by atoms with Gasteiger partial charge < -0.3 is 9.64 Å². The number of esters is 1. The largest absolute Gasteiger partial charge is 0.462 e. The number of carbonyl (C=O) groups excluding carboxylic acids is 2. The lowest BCUT2D eigenvalue weighted by atomic mass is 9.81. The summed E-state index contributed by atoms with van der Waals surface area (Å²) < 4.78 is 74.7. The van der Waals surface area contributed by atoms with Crippen LogP contribution in [0.3, 0.4) is 0 Å². The number of carbonyl (C=O) groups is 2. The third-order valence-electron chi connectivity index (χ3n) is 11.0. The van der Waals surface area contributed by atoms with Gasteiger partial charge in [0.2, 0.25) is 5.69 Å². The Balaban J connectivity index is 1.60. The zero-order valence-electron chi connectivity index (χ0n) is 34.7. The number of ether oxygens (including phenoxy) is 1. The monoisotopic (exact) mass is 843 g/mol. The molecule has 314 valence electrons. The van der Waals surface area contributed by atoms with E-state index in [2.05, 4.69) is 68.3 Å². The zero-order chi connectivity index (χ0) is 43.3. The van der Waals surface area contributed by atoms with Gasteiger partial charge in [-0.15, -0.1) is 0 Å². The van der Waals surface area contributed by atoms with Crippen molar-refractivity contribution in [2.24, 2.45) is 0 Å². The Morgan fingerprint density at radius 1 is 0.881 bits per heavy atom. The summed E-state index contributed by atoms with van der Waals surface area (Å²) in [4.78, 5) is 26.5. The van der Waals surface area contributed by atoms with Crippen molar-refractivity contribution in [2.75, 3.05) is 30.3 Å². The van der Waals surface area contributed by atoms with Crippen LogP contribution in [-0.4, -0.2) is 73.4 Å². The number of ketones is 1. The van der Waals surface area contributed by atoms with E-state index < -0.39 is 37.4 Å². The smallest absolute Gasteiger partial charge is 0.333 e. The number of allylic oxidation sites excluding steroid dienone is 6. The molecule has 11 nitrogen and oxygen atoms in total. The molecule has 0 bridgehead atoms. The molecule has 5 rings (SSSR count). The fourth-order valence-electron chi connectivity index (χ4n) is 7.76. The Morgan fingerprint density at radius 3 is 2.20 bits per heavy atom. The minimum Gasteiger partial charge on any atom is -0.462 e. The van der Waals surface area contributed by atoms with E-state index in [1.165, 1.54) is 23.4 Å². The third-order valence-corrected chi connectivity index (χ3v) is 12.6. The molecule has 0 aliphatic carbocycles. The van der Waals surface area contributed by atoms with Gasteiger partial charge in [-0.05, 0) is 80.7 Å². The molecule has 2 heterocycles.